The summed E-state index contributed by atoms with van der Waals surface area (Å²) in [5, 5.41) is 2.02. The van der Waals surface area contributed by atoms with Crippen LogP contribution in [0.2, 0.25) is 0 Å². The molecule has 0 spiro atoms. The van der Waals surface area contributed by atoms with Crippen molar-refractivity contribution in [1.82, 2.24) is 5.32 Å². The minimum Gasteiger partial charge on any atom is -0.360 e. The Morgan fingerprint density at radius 3 is 2.36 bits per heavy atom. The van der Waals surface area contributed by atoms with Crippen LogP contribution in [0.3, 0.4) is 0 Å². The van der Waals surface area contributed by atoms with Gasteiger partial charge in [-0.2, -0.15) is 13.2 Å². The maximum Gasteiger partial charge on any atom is 0.432 e. The van der Waals surface area contributed by atoms with Crippen LogP contribution in [0.5, 0.6) is 0 Å². The number of halogens is 3. The molecule has 1 N–H and O–H groups in total. The van der Waals surface area contributed by atoms with Gasteiger partial charge in [0.25, 0.3) is 0 Å². The number of rotatable bonds is 0. The summed E-state index contributed by atoms with van der Waals surface area (Å²) in [7, 11) is 0. The van der Waals surface area contributed by atoms with Gasteiger partial charge in [0.1, 0.15) is 0 Å². The molecular weight excluding hydrogens is 157 g/mol. The molecule has 61 valence electrons. The van der Waals surface area contributed by atoms with Crippen molar-refractivity contribution in [3.8, 4) is 0 Å². The Morgan fingerprint density at radius 1 is 1.45 bits per heavy atom. The number of hydrogen-bond donors (Lipinski definition) is 1. The van der Waals surface area contributed by atoms with Gasteiger partial charge in [0.15, 0.2) is 0 Å². The zero-order valence-electron chi connectivity index (χ0n) is 5.52. The molecule has 2 nitrogen and oxygen atoms in total. The van der Waals surface area contributed by atoms with E-state index in [2.05, 4.69) is 11.9 Å². The first kappa shape index (κ1) is 8.10. The fourth-order valence-corrected chi connectivity index (χ4v) is 0.592. The van der Waals surface area contributed by atoms with Crippen LogP contribution in [0.1, 0.15) is 0 Å². The lowest BCUT2D eigenvalue weighted by Crippen LogP contribution is -2.52. The lowest BCUT2D eigenvalue weighted by Gasteiger charge is -2.29. The van der Waals surface area contributed by atoms with Gasteiger partial charge < -0.3 is 5.32 Å². The largest absolute Gasteiger partial charge is 0.432 e. The van der Waals surface area contributed by atoms with E-state index in [4.69, 9.17) is 0 Å². The van der Waals surface area contributed by atoms with E-state index in [-0.39, 0.29) is 0 Å². The van der Waals surface area contributed by atoms with Crippen molar-refractivity contribution >= 4 is 6.21 Å². The summed E-state index contributed by atoms with van der Waals surface area (Å²) in [5.41, 5.74) is -2.40. The van der Waals surface area contributed by atoms with Crippen LogP contribution in [-0.2, 0) is 0 Å². The van der Waals surface area contributed by atoms with Gasteiger partial charge in [-0.15, -0.1) is 0 Å². The molecular formula is C6H6F3N2. The van der Waals surface area contributed by atoms with Gasteiger partial charge in [-0.3, -0.25) is 4.99 Å². The van der Waals surface area contributed by atoms with Crippen molar-refractivity contribution in [3.63, 3.8) is 0 Å². The second kappa shape index (κ2) is 2.25. The highest BCUT2D eigenvalue weighted by Gasteiger charge is 2.51. The predicted molar refractivity (Wildman–Crippen MR) is 34.9 cm³/mol. The number of alkyl halides is 3. The number of nitrogens with one attached hydrogen (secondary N) is 1. The molecule has 0 fully saturated rings. The first-order valence-corrected chi connectivity index (χ1v) is 2.86. The second-order valence-electron chi connectivity index (χ2n) is 2.14. The number of aliphatic imine (C=N–C) groups is 1. The summed E-state index contributed by atoms with van der Waals surface area (Å²) in [6.07, 6.45) is -0.867. The molecule has 1 rings (SSSR count). The van der Waals surface area contributed by atoms with Gasteiger partial charge in [-0.1, -0.05) is 0 Å². The molecule has 0 saturated carbocycles. The Labute approximate surface area is 61.8 Å². The monoisotopic (exact) mass is 163 g/mol. The maximum absolute atomic E-state index is 12.1. The van der Waals surface area contributed by atoms with Crippen molar-refractivity contribution in [3.05, 3.63) is 19.2 Å². The first-order chi connectivity index (χ1) is 4.96. The highest BCUT2D eigenvalue weighted by molar-refractivity contribution is 5.72. The third-order valence-corrected chi connectivity index (χ3v) is 1.27. The van der Waals surface area contributed by atoms with Crippen LogP contribution in [0.15, 0.2) is 17.3 Å². The van der Waals surface area contributed by atoms with Crippen molar-refractivity contribution in [2.45, 2.75) is 11.8 Å². The van der Waals surface area contributed by atoms with Gasteiger partial charge in [0, 0.05) is 19.3 Å². The molecule has 1 heterocycles. The molecule has 0 aliphatic carbocycles. The summed E-state index contributed by atoms with van der Waals surface area (Å²) < 4.78 is 36.2. The molecule has 0 bridgehead atoms. The average Bonchev–Trinajstić information content (AvgIpc) is 1.87. The number of allylic oxidation sites excluding steroid dienone is 1. The van der Waals surface area contributed by atoms with Crippen LogP contribution in [0.25, 0.3) is 0 Å². The van der Waals surface area contributed by atoms with Gasteiger partial charge in [-0.25, -0.2) is 0 Å². The molecule has 0 saturated heterocycles. The van der Waals surface area contributed by atoms with Gasteiger partial charge in [-0.05, 0) is 6.08 Å². The zero-order valence-corrected chi connectivity index (χ0v) is 5.52. The quantitative estimate of drug-likeness (QED) is 0.571. The standard InChI is InChI=1S/C6H6F3N2/c1-5(6(7,8)9)10-3-2-4-11-5/h2-4,10H,1H2. The van der Waals surface area contributed by atoms with E-state index >= 15 is 0 Å². The number of nitrogens with zero attached hydrogens (tertiary/aromatic N) is 1. The number of hydrogen-bond acceptors (Lipinski definition) is 2. The molecule has 5 heteroatoms. The summed E-state index contributed by atoms with van der Waals surface area (Å²) in [6, 6.07) is 0. The molecule has 0 aromatic rings. The van der Waals surface area contributed by atoms with Crippen LogP contribution in [0, 0.1) is 6.92 Å². The molecule has 1 atom stereocenters. The highest BCUT2D eigenvalue weighted by atomic mass is 19.4. The molecule has 0 aromatic carbocycles. The smallest absolute Gasteiger partial charge is 0.360 e. The maximum atomic E-state index is 12.1. The lowest BCUT2D eigenvalue weighted by molar-refractivity contribution is -0.177. The van der Waals surface area contributed by atoms with Crippen LogP contribution in [0.4, 0.5) is 13.2 Å². The average molecular weight is 163 g/mol. The summed E-state index contributed by atoms with van der Waals surface area (Å²) in [5.74, 6) is 0. The van der Waals surface area contributed by atoms with Crippen molar-refractivity contribution in [1.29, 1.82) is 0 Å². The van der Waals surface area contributed by atoms with Crippen LogP contribution >= 0.6 is 0 Å². The fourth-order valence-electron chi connectivity index (χ4n) is 0.592. The molecule has 1 radical (unpaired) electrons. The SMILES string of the molecule is [CH2]C1(C(F)(F)F)N=CC=CN1. The van der Waals surface area contributed by atoms with E-state index < -0.39 is 11.8 Å². The third-order valence-electron chi connectivity index (χ3n) is 1.27. The van der Waals surface area contributed by atoms with E-state index in [1.807, 2.05) is 5.32 Å². The molecule has 1 aliphatic rings. The summed E-state index contributed by atoms with van der Waals surface area (Å²) in [6.45, 7) is 2.92. The van der Waals surface area contributed by atoms with E-state index in [1.165, 1.54) is 6.08 Å². The Morgan fingerprint density at radius 2 is 2.09 bits per heavy atom. The normalized spacial score (nSPS) is 30.2. The molecule has 0 amide bonds. The van der Waals surface area contributed by atoms with Gasteiger partial charge in [0.2, 0.25) is 5.66 Å². The topological polar surface area (TPSA) is 24.4 Å². The Balaban J connectivity index is 2.84. The van der Waals surface area contributed by atoms with Gasteiger partial charge >= 0.3 is 6.18 Å². The predicted octanol–water partition coefficient (Wildman–Crippen LogP) is 1.27. The fraction of sp³-hybridized carbons (Fsp3) is 0.333. The summed E-state index contributed by atoms with van der Waals surface area (Å²) >= 11 is 0. The van der Waals surface area contributed by atoms with Crippen molar-refractivity contribution < 1.29 is 13.2 Å². The minimum absolute atomic E-state index is 1.07. The van der Waals surface area contributed by atoms with Crippen molar-refractivity contribution in [2.24, 2.45) is 4.99 Å². The third kappa shape index (κ3) is 1.36. The zero-order chi connectivity index (χ0) is 8.54. The first-order valence-electron chi connectivity index (χ1n) is 2.86. The van der Waals surface area contributed by atoms with Crippen molar-refractivity contribution in [2.75, 3.05) is 0 Å². The van der Waals surface area contributed by atoms with Crippen LogP contribution < -0.4 is 5.32 Å². The van der Waals surface area contributed by atoms with Gasteiger partial charge in [0.05, 0.1) is 0 Å². The van der Waals surface area contributed by atoms with E-state index in [1.54, 1.807) is 0 Å². The Hall–Kier alpha value is -1.00. The minimum atomic E-state index is -4.46. The Bertz CT molecular complexity index is 206. The molecule has 11 heavy (non-hydrogen) atoms. The highest BCUT2D eigenvalue weighted by Crippen LogP contribution is 2.31. The van der Waals surface area contributed by atoms with Crippen LogP contribution in [-0.4, -0.2) is 18.1 Å². The van der Waals surface area contributed by atoms with E-state index in [9.17, 15) is 13.2 Å². The van der Waals surface area contributed by atoms with E-state index in [0.29, 0.717) is 0 Å². The summed E-state index contributed by atoms with van der Waals surface area (Å²) in [4.78, 5) is 3.17. The molecule has 1 unspecified atom stereocenters. The molecule has 1 aliphatic heterocycles. The second-order valence-corrected chi connectivity index (χ2v) is 2.14. The van der Waals surface area contributed by atoms with E-state index in [0.717, 1.165) is 12.4 Å². The lowest BCUT2D eigenvalue weighted by atomic mass is 10.2. The Kier molecular flexibility index (Phi) is 1.66. The molecule has 0 aromatic heterocycles.